The molecule has 214 valence electrons. The Hall–Kier alpha value is -3.32. The summed E-state index contributed by atoms with van der Waals surface area (Å²) >= 11 is 0. The molecule has 3 rings (SSSR count). The summed E-state index contributed by atoms with van der Waals surface area (Å²) in [5.41, 5.74) is 3.65. The summed E-state index contributed by atoms with van der Waals surface area (Å²) in [5, 5.41) is 2.95. The monoisotopic (exact) mass is 540 g/mol. The molecule has 0 fully saturated rings. The number of rotatable bonds is 18. The van der Waals surface area contributed by atoms with E-state index < -0.39 is 0 Å². The lowest BCUT2D eigenvalue weighted by Crippen LogP contribution is -2.35. The van der Waals surface area contributed by atoms with Gasteiger partial charge in [0.15, 0.2) is 0 Å². The van der Waals surface area contributed by atoms with Gasteiger partial charge in [0.05, 0.1) is 12.2 Å². The van der Waals surface area contributed by atoms with E-state index in [0.717, 1.165) is 35.2 Å². The van der Waals surface area contributed by atoms with Crippen LogP contribution in [-0.4, -0.2) is 18.4 Å². The Morgan fingerprint density at radius 1 is 0.750 bits per heavy atom. The molecular formula is C36H48N2O2. The smallest absolute Gasteiger partial charge is 0.229 e. The maximum atomic E-state index is 13.2. The summed E-state index contributed by atoms with van der Waals surface area (Å²) < 4.78 is 0. The molecule has 4 nitrogen and oxygen atoms in total. The second-order valence-corrected chi connectivity index (χ2v) is 10.8. The molecule has 1 aliphatic rings. The predicted molar refractivity (Wildman–Crippen MR) is 167 cm³/mol. The van der Waals surface area contributed by atoms with Gasteiger partial charge < -0.3 is 10.2 Å². The maximum absolute atomic E-state index is 13.2. The zero-order valence-electron chi connectivity index (χ0n) is 24.6. The van der Waals surface area contributed by atoms with Crippen LogP contribution in [0.4, 0.5) is 5.69 Å². The Kier molecular flexibility index (Phi) is 14.7. The molecule has 0 unspecified atom stereocenters. The number of carbonyl (C=O) groups is 2. The number of hydrogen-bond donors (Lipinski definition) is 1. The Balaban J connectivity index is 1.26. The van der Waals surface area contributed by atoms with Crippen molar-refractivity contribution in [3.05, 3.63) is 77.4 Å². The van der Waals surface area contributed by atoms with E-state index in [0.29, 0.717) is 19.5 Å². The number of allylic oxidation sites excluding steroid dienone is 2. The predicted octanol–water partition coefficient (Wildman–Crippen LogP) is 8.48. The molecule has 2 aromatic carbocycles. The van der Waals surface area contributed by atoms with Crippen LogP contribution in [-0.2, 0) is 16.1 Å². The lowest BCUT2D eigenvalue weighted by molar-refractivity contribution is -0.121. The van der Waals surface area contributed by atoms with Crippen molar-refractivity contribution in [2.24, 2.45) is 0 Å². The van der Waals surface area contributed by atoms with Crippen LogP contribution < -0.4 is 10.2 Å². The highest BCUT2D eigenvalue weighted by atomic mass is 16.2. The molecule has 4 heteroatoms. The van der Waals surface area contributed by atoms with Gasteiger partial charge in [0.25, 0.3) is 0 Å². The largest absolute Gasteiger partial charge is 0.356 e. The highest BCUT2D eigenvalue weighted by Gasteiger charge is 2.21. The van der Waals surface area contributed by atoms with E-state index in [4.69, 9.17) is 0 Å². The van der Waals surface area contributed by atoms with E-state index in [9.17, 15) is 9.59 Å². The number of hydrogen-bond acceptors (Lipinski definition) is 2. The zero-order valence-corrected chi connectivity index (χ0v) is 24.6. The number of fused-ring (bicyclic) bond motifs is 2. The Labute approximate surface area is 242 Å². The molecule has 1 aliphatic heterocycles. The number of nitrogens with zero attached hydrogens (tertiary/aromatic N) is 1. The van der Waals surface area contributed by atoms with Crippen molar-refractivity contribution in [3.63, 3.8) is 0 Å². The first-order valence-corrected chi connectivity index (χ1v) is 15.6. The second-order valence-electron chi connectivity index (χ2n) is 10.8. The van der Waals surface area contributed by atoms with Crippen LogP contribution in [0.5, 0.6) is 0 Å². The van der Waals surface area contributed by atoms with E-state index in [1.807, 2.05) is 48.5 Å². The van der Waals surface area contributed by atoms with E-state index in [1.165, 1.54) is 70.6 Å². The molecule has 2 amide bonds. The topological polar surface area (TPSA) is 49.4 Å². The number of anilines is 1. The van der Waals surface area contributed by atoms with Crippen LogP contribution in [0.15, 0.2) is 60.7 Å². The van der Waals surface area contributed by atoms with Gasteiger partial charge >= 0.3 is 0 Å². The molecule has 0 saturated carbocycles. The molecule has 0 aliphatic carbocycles. The summed E-state index contributed by atoms with van der Waals surface area (Å²) in [6, 6.07) is 15.7. The van der Waals surface area contributed by atoms with Crippen molar-refractivity contribution in [3.8, 4) is 11.8 Å². The summed E-state index contributed by atoms with van der Waals surface area (Å²) in [5.74, 6) is 6.50. The fourth-order valence-corrected chi connectivity index (χ4v) is 5.10. The summed E-state index contributed by atoms with van der Waals surface area (Å²) in [6.07, 6.45) is 21.7. The number of amides is 2. The minimum absolute atomic E-state index is 0.00715. The first-order valence-electron chi connectivity index (χ1n) is 15.6. The van der Waals surface area contributed by atoms with Crippen LogP contribution >= 0.6 is 0 Å². The van der Waals surface area contributed by atoms with Gasteiger partial charge in [-0.05, 0) is 55.9 Å². The van der Waals surface area contributed by atoms with Gasteiger partial charge in [-0.1, -0.05) is 113 Å². The van der Waals surface area contributed by atoms with Crippen LogP contribution in [0.25, 0.3) is 0 Å². The van der Waals surface area contributed by atoms with Gasteiger partial charge in [0, 0.05) is 30.5 Å². The van der Waals surface area contributed by atoms with E-state index in [-0.39, 0.29) is 18.2 Å². The Morgan fingerprint density at radius 2 is 1.35 bits per heavy atom. The molecule has 40 heavy (non-hydrogen) atoms. The van der Waals surface area contributed by atoms with Crippen molar-refractivity contribution in [2.75, 3.05) is 11.4 Å². The highest BCUT2D eigenvalue weighted by molar-refractivity contribution is 5.95. The number of carbonyl (C=O) groups excluding carboxylic acids is 2. The third kappa shape index (κ3) is 11.4. The van der Waals surface area contributed by atoms with Crippen molar-refractivity contribution >= 4 is 17.5 Å². The molecular weight excluding hydrogens is 492 g/mol. The van der Waals surface area contributed by atoms with Gasteiger partial charge in [-0.2, -0.15) is 0 Å². The van der Waals surface area contributed by atoms with Gasteiger partial charge in [0.2, 0.25) is 11.8 Å². The van der Waals surface area contributed by atoms with Gasteiger partial charge in [-0.15, -0.1) is 0 Å². The zero-order chi connectivity index (χ0) is 28.3. The van der Waals surface area contributed by atoms with Gasteiger partial charge in [-0.25, -0.2) is 0 Å². The van der Waals surface area contributed by atoms with Crippen molar-refractivity contribution in [1.82, 2.24) is 5.32 Å². The Morgan fingerprint density at radius 3 is 2.10 bits per heavy atom. The average Bonchev–Trinajstić information content (AvgIpc) is 2.96. The maximum Gasteiger partial charge on any atom is 0.229 e. The molecule has 0 spiro atoms. The molecule has 0 bridgehead atoms. The third-order valence-electron chi connectivity index (χ3n) is 7.50. The molecule has 0 atom stereocenters. The van der Waals surface area contributed by atoms with E-state index in [1.54, 1.807) is 4.90 Å². The lowest BCUT2D eigenvalue weighted by atomic mass is 10.0. The number of unbranched alkanes of at least 4 members (excludes halogenated alkanes) is 11. The van der Waals surface area contributed by atoms with Crippen molar-refractivity contribution in [2.45, 2.75) is 110 Å². The minimum Gasteiger partial charge on any atom is -0.356 e. The van der Waals surface area contributed by atoms with Crippen molar-refractivity contribution < 1.29 is 9.59 Å². The third-order valence-corrected chi connectivity index (χ3v) is 7.50. The number of para-hydroxylation sites is 1. The Bertz CT molecular complexity index is 1140. The van der Waals surface area contributed by atoms with Crippen LogP contribution in [0.1, 0.15) is 120 Å². The lowest BCUT2D eigenvalue weighted by Gasteiger charge is -2.26. The average molecular weight is 541 g/mol. The van der Waals surface area contributed by atoms with E-state index in [2.05, 4.69) is 36.2 Å². The second kappa shape index (κ2) is 18.9. The first-order chi connectivity index (χ1) is 19.7. The molecule has 0 saturated heterocycles. The first kappa shape index (κ1) is 31.2. The quantitative estimate of drug-likeness (QED) is 0.117. The number of nitrogens with one attached hydrogen (secondary N) is 1. The van der Waals surface area contributed by atoms with Crippen LogP contribution in [0.3, 0.4) is 0 Å². The summed E-state index contributed by atoms with van der Waals surface area (Å²) in [6.45, 7) is 3.10. The SMILES string of the molecule is CCCCCCCCC=CCCCCCCCC(=O)NCCC(=O)N1Cc2ccccc2C#Cc2ccccc21. The highest BCUT2D eigenvalue weighted by Crippen LogP contribution is 2.25. The normalized spacial score (nSPS) is 12.2. The molecule has 0 radical (unpaired) electrons. The fraction of sp³-hybridized carbons (Fsp3) is 0.500. The van der Waals surface area contributed by atoms with Crippen LogP contribution in [0.2, 0.25) is 0 Å². The molecule has 1 N–H and O–H groups in total. The molecule has 0 aromatic heterocycles. The van der Waals surface area contributed by atoms with Crippen LogP contribution in [0, 0.1) is 11.8 Å². The standard InChI is InChI=1S/C36H48N2O2/c1-2-3-4-5-6-7-8-9-10-11-12-13-14-15-16-25-35(39)37-29-28-36(40)38-30-33-23-18-17-21-31(33)26-27-32-22-19-20-24-34(32)38/h9-10,17-24H,2-8,11-16,25,28-30H2,1H3,(H,37,39). The van der Waals surface area contributed by atoms with Gasteiger partial charge in [-0.3, -0.25) is 9.59 Å². The summed E-state index contributed by atoms with van der Waals surface area (Å²) in [4.78, 5) is 27.4. The number of benzene rings is 2. The van der Waals surface area contributed by atoms with Gasteiger partial charge in [0.1, 0.15) is 0 Å². The molecule has 1 heterocycles. The minimum atomic E-state index is -0.00715. The van der Waals surface area contributed by atoms with Crippen molar-refractivity contribution in [1.29, 1.82) is 0 Å². The summed E-state index contributed by atoms with van der Waals surface area (Å²) in [7, 11) is 0. The van der Waals surface area contributed by atoms with E-state index >= 15 is 0 Å². The molecule has 2 aromatic rings. The fourth-order valence-electron chi connectivity index (χ4n) is 5.10.